The number of ether oxygens (including phenoxy) is 1. The number of rotatable bonds is 5. The third kappa shape index (κ3) is 2.86. The number of aliphatic carboxylic acids is 1. The summed E-state index contributed by atoms with van der Waals surface area (Å²) < 4.78 is 5.70. The molecule has 2 aliphatic rings. The standard InChI is InChI=1S/C23H25NO4/c1-2-12-23(21(25)26)13-7-14-24(23)22(27)28-15-20-18-10-5-3-8-16(18)17-9-4-6-11-19(17)20/h3-6,8-11,20H,2,7,12-15H2,1H3,(H,25,26). The van der Waals surface area contributed by atoms with Gasteiger partial charge in [-0.3, -0.25) is 4.90 Å². The SMILES string of the molecule is CCCC1(C(=O)O)CCCN1C(=O)OCC1c2ccccc2-c2ccccc21. The number of hydrogen-bond donors (Lipinski definition) is 1. The van der Waals surface area contributed by atoms with Crippen LogP contribution in [0, 0.1) is 0 Å². The summed E-state index contributed by atoms with van der Waals surface area (Å²) in [5.41, 5.74) is 3.52. The van der Waals surface area contributed by atoms with Gasteiger partial charge in [0.05, 0.1) is 0 Å². The van der Waals surface area contributed by atoms with Gasteiger partial charge in [-0.05, 0) is 41.5 Å². The quantitative estimate of drug-likeness (QED) is 0.821. The van der Waals surface area contributed by atoms with Crippen molar-refractivity contribution in [2.75, 3.05) is 13.2 Å². The zero-order valence-corrected chi connectivity index (χ0v) is 16.1. The number of likely N-dealkylation sites (tertiary alicyclic amines) is 1. The van der Waals surface area contributed by atoms with E-state index in [1.807, 2.05) is 31.2 Å². The highest BCUT2D eigenvalue weighted by Gasteiger charge is 2.50. The van der Waals surface area contributed by atoms with Gasteiger partial charge < -0.3 is 9.84 Å². The fourth-order valence-electron chi connectivity index (χ4n) is 4.82. The van der Waals surface area contributed by atoms with Crippen LogP contribution in [-0.4, -0.2) is 40.8 Å². The van der Waals surface area contributed by atoms with Crippen LogP contribution >= 0.6 is 0 Å². The van der Waals surface area contributed by atoms with Crippen molar-refractivity contribution in [3.8, 4) is 11.1 Å². The molecule has 1 atom stereocenters. The molecule has 0 saturated carbocycles. The highest BCUT2D eigenvalue weighted by Crippen LogP contribution is 2.44. The van der Waals surface area contributed by atoms with Crippen LogP contribution in [0.5, 0.6) is 0 Å². The number of nitrogens with zero attached hydrogens (tertiary/aromatic N) is 1. The summed E-state index contributed by atoms with van der Waals surface area (Å²) in [6.45, 7) is 2.59. The fourth-order valence-corrected chi connectivity index (χ4v) is 4.82. The third-order valence-corrected chi connectivity index (χ3v) is 6.11. The zero-order chi connectivity index (χ0) is 19.7. The summed E-state index contributed by atoms with van der Waals surface area (Å²) in [6.07, 6.45) is 1.82. The molecule has 1 saturated heterocycles. The number of carboxylic acid groups (broad SMARTS) is 1. The van der Waals surface area contributed by atoms with Crippen LogP contribution < -0.4 is 0 Å². The molecule has 1 N–H and O–H groups in total. The molecule has 0 radical (unpaired) electrons. The van der Waals surface area contributed by atoms with Crippen molar-refractivity contribution in [3.05, 3.63) is 59.7 Å². The van der Waals surface area contributed by atoms with E-state index >= 15 is 0 Å². The van der Waals surface area contributed by atoms with Crippen molar-refractivity contribution in [3.63, 3.8) is 0 Å². The van der Waals surface area contributed by atoms with Gasteiger partial charge in [0, 0.05) is 12.5 Å². The Morgan fingerprint density at radius 3 is 2.29 bits per heavy atom. The smallest absolute Gasteiger partial charge is 0.410 e. The monoisotopic (exact) mass is 379 g/mol. The second-order valence-corrected chi connectivity index (χ2v) is 7.65. The molecule has 0 bridgehead atoms. The minimum atomic E-state index is -1.13. The number of amides is 1. The van der Waals surface area contributed by atoms with E-state index in [0.717, 1.165) is 11.1 Å². The largest absolute Gasteiger partial charge is 0.479 e. The molecular formula is C23H25NO4. The summed E-state index contributed by atoms with van der Waals surface area (Å²) in [7, 11) is 0. The number of benzene rings is 2. The molecule has 1 unspecified atom stereocenters. The topological polar surface area (TPSA) is 66.8 Å². The first-order chi connectivity index (χ1) is 13.6. The lowest BCUT2D eigenvalue weighted by molar-refractivity contribution is -0.149. The number of carbonyl (C=O) groups excluding carboxylic acids is 1. The highest BCUT2D eigenvalue weighted by molar-refractivity contribution is 5.85. The van der Waals surface area contributed by atoms with Crippen LogP contribution in [0.25, 0.3) is 11.1 Å². The van der Waals surface area contributed by atoms with E-state index in [1.165, 1.54) is 16.0 Å². The van der Waals surface area contributed by atoms with Gasteiger partial charge in [0.15, 0.2) is 0 Å². The van der Waals surface area contributed by atoms with Crippen LogP contribution in [0.1, 0.15) is 49.7 Å². The predicted molar refractivity (Wildman–Crippen MR) is 106 cm³/mol. The van der Waals surface area contributed by atoms with E-state index in [4.69, 9.17) is 4.74 Å². The average molecular weight is 379 g/mol. The maximum Gasteiger partial charge on any atom is 0.410 e. The van der Waals surface area contributed by atoms with E-state index in [2.05, 4.69) is 24.3 Å². The summed E-state index contributed by atoms with van der Waals surface area (Å²) in [5, 5.41) is 9.80. The molecule has 0 spiro atoms. The Morgan fingerprint density at radius 2 is 1.71 bits per heavy atom. The second-order valence-electron chi connectivity index (χ2n) is 7.65. The van der Waals surface area contributed by atoms with Gasteiger partial charge in [0.25, 0.3) is 0 Å². The Balaban J connectivity index is 1.55. The first-order valence-corrected chi connectivity index (χ1v) is 9.94. The van der Waals surface area contributed by atoms with Gasteiger partial charge >= 0.3 is 12.1 Å². The van der Waals surface area contributed by atoms with Gasteiger partial charge in [-0.25, -0.2) is 9.59 Å². The average Bonchev–Trinajstić information content (AvgIpc) is 3.27. The van der Waals surface area contributed by atoms with E-state index in [0.29, 0.717) is 32.2 Å². The Labute approximate surface area is 164 Å². The first kappa shape index (κ1) is 18.5. The minimum Gasteiger partial charge on any atom is -0.479 e. The van der Waals surface area contributed by atoms with Crippen molar-refractivity contribution in [2.24, 2.45) is 0 Å². The molecule has 1 amide bonds. The summed E-state index contributed by atoms with van der Waals surface area (Å²) in [5.74, 6) is -0.954. The van der Waals surface area contributed by atoms with Gasteiger partial charge in [0.1, 0.15) is 12.1 Å². The minimum absolute atomic E-state index is 0.0237. The number of fused-ring (bicyclic) bond motifs is 3. The molecule has 2 aromatic carbocycles. The molecule has 1 aliphatic heterocycles. The van der Waals surface area contributed by atoms with E-state index in [-0.39, 0.29) is 12.5 Å². The van der Waals surface area contributed by atoms with Crippen LogP contribution in [0.3, 0.4) is 0 Å². The van der Waals surface area contributed by atoms with Gasteiger partial charge in [-0.2, -0.15) is 0 Å². The van der Waals surface area contributed by atoms with Crippen molar-refractivity contribution in [2.45, 2.75) is 44.1 Å². The van der Waals surface area contributed by atoms with Crippen LogP contribution in [0.4, 0.5) is 4.79 Å². The number of hydrogen-bond acceptors (Lipinski definition) is 3. The lowest BCUT2D eigenvalue weighted by Gasteiger charge is -2.34. The first-order valence-electron chi connectivity index (χ1n) is 9.94. The third-order valence-electron chi connectivity index (χ3n) is 6.11. The molecule has 0 aromatic heterocycles. The summed E-state index contributed by atoms with van der Waals surface area (Å²) >= 11 is 0. The Kier molecular flexibility index (Phi) is 4.84. The van der Waals surface area contributed by atoms with E-state index in [9.17, 15) is 14.7 Å². The lowest BCUT2D eigenvalue weighted by atomic mass is 9.91. The van der Waals surface area contributed by atoms with Gasteiger partial charge in [0.2, 0.25) is 0 Å². The fraction of sp³-hybridized carbons (Fsp3) is 0.391. The molecule has 1 heterocycles. The molecular weight excluding hydrogens is 354 g/mol. The highest BCUT2D eigenvalue weighted by atomic mass is 16.6. The Bertz CT molecular complexity index is 863. The summed E-state index contributed by atoms with van der Waals surface area (Å²) in [6, 6.07) is 16.3. The maximum absolute atomic E-state index is 12.9. The normalized spacial score (nSPS) is 20.7. The van der Waals surface area contributed by atoms with Crippen LogP contribution in [0.2, 0.25) is 0 Å². The molecule has 146 valence electrons. The predicted octanol–water partition coefficient (Wildman–Crippen LogP) is 4.65. The Morgan fingerprint density at radius 1 is 1.11 bits per heavy atom. The molecule has 1 fully saturated rings. The molecule has 4 rings (SSSR count). The van der Waals surface area contributed by atoms with Crippen molar-refractivity contribution in [1.82, 2.24) is 4.90 Å². The molecule has 5 heteroatoms. The number of carboxylic acids is 1. The van der Waals surface area contributed by atoms with E-state index < -0.39 is 17.6 Å². The molecule has 5 nitrogen and oxygen atoms in total. The van der Waals surface area contributed by atoms with Crippen LogP contribution in [0.15, 0.2) is 48.5 Å². The van der Waals surface area contributed by atoms with Crippen molar-refractivity contribution < 1.29 is 19.4 Å². The number of carbonyl (C=O) groups is 2. The molecule has 28 heavy (non-hydrogen) atoms. The van der Waals surface area contributed by atoms with E-state index in [1.54, 1.807) is 0 Å². The lowest BCUT2D eigenvalue weighted by Crippen LogP contribution is -2.53. The summed E-state index contributed by atoms with van der Waals surface area (Å²) in [4.78, 5) is 26.3. The van der Waals surface area contributed by atoms with Crippen LogP contribution in [-0.2, 0) is 9.53 Å². The molecule has 1 aliphatic carbocycles. The van der Waals surface area contributed by atoms with Crippen molar-refractivity contribution in [1.29, 1.82) is 0 Å². The van der Waals surface area contributed by atoms with Gasteiger partial charge in [-0.15, -0.1) is 0 Å². The van der Waals surface area contributed by atoms with Crippen molar-refractivity contribution >= 4 is 12.1 Å². The molecule has 2 aromatic rings. The maximum atomic E-state index is 12.9. The zero-order valence-electron chi connectivity index (χ0n) is 16.1. The second kappa shape index (κ2) is 7.30. The van der Waals surface area contributed by atoms with Gasteiger partial charge in [-0.1, -0.05) is 61.9 Å². The Hall–Kier alpha value is -2.82.